The van der Waals surface area contributed by atoms with Crippen LogP contribution in [0, 0.1) is 0 Å². The monoisotopic (exact) mass is 318 g/mol. The van der Waals surface area contributed by atoms with Crippen molar-refractivity contribution in [3.8, 4) is 0 Å². The van der Waals surface area contributed by atoms with Crippen molar-refractivity contribution in [3.63, 3.8) is 0 Å². The molecule has 0 aliphatic rings. The highest BCUT2D eigenvalue weighted by Crippen LogP contribution is 2.05. The lowest BCUT2D eigenvalue weighted by molar-refractivity contribution is -0.138. The van der Waals surface area contributed by atoms with Gasteiger partial charge in [-0.3, -0.25) is 0 Å². The molecule has 0 spiro atoms. The number of esters is 1. The molecule has 0 fully saturated rings. The summed E-state index contributed by atoms with van der Waals surface area (Å²) in [6.45, 7) is 9.69. The van der Waals surface area contributed by atoms with E-state index < -0.39 is 0 Å². The lowest BCUT2D eigenvalue weighted by Gasteiger charge is -2.02. The summed E-state index contributed by atoms with van der Waals surface area (Å²) in [5.41, 5.74) is 3.26. The van der Waals surface area contributed by atoms with Gasteiger partial charge in [-0.1, -0.05) is 62.0 Å². The molecule has 3 nitrogen and oxygen atoms in total. The van der Waals surface area contributed by atoms with Gasteiger partial charge >= 0.3 is 5.97 Å². The number of rotatable bonds is 8. The summed E-state index contributed by atoms with van der Waals surface area (Å²) >= 11 is 0. The van der Waals surface area contributed by atoms with E-state index in [0.29, 0.717) is 12.2 Å². The number of benzene rings is 1. The molecule has 0 radical (unpaired) electrons. The van der Waals surface area contributed by atoms with Crippen LogP contribution in [0.1, 0.15) is 25.3 Å². The van der Waals surface area contributed by atoms with Crippen LogP contribution in [0.5, 0.6) is 0 Å². The number of hydrogen-bond donors (Lipinski definition) is 0. The molecule has 0 saturated carbocycles. The van der Waals surface area contributed by atoms with E-state index in [1.807, 2.05) is 42.1 Å². The first-order chi connectivity index (χ1) is 10.7. The molecular weight excluding hydrogens is 292 g/mol. The summed E-state index contributed by atoms with van der Waals surface area (Å²) < 4.78 is 9.75. The third-order valence-corrected chi connectivity index (χ3v) is 3.12. The molecular formula is C18H26O3Si. The zero-order valence-electron chi connectivity index (χ0n) is 13.6. The quantitative estimate of drug-likeness (QED) is 0.242. The summed E-state index contributed by atoms with van der Waals surface area (Å²) in [4.78, 5) is 11.5. The Morgan fingerprint density at radius 3 is 2.50 bits per heavy atom. The van der Waals surface area contributed by atoms with Crippen molar-refractivity contribution in [2.24, 2.45) is 0 Å². The van der Waals surface area contributed by atoms with Gasteiger partial charge in [-0.25, -0.2) is 4.79 Å². The molecule has 120 valence electrons. The van der Waals surface area contributed by atoms with E-state index in [2.05, 4.69) is 20.1 Å². The van der Waals surface area contributed by atoms with Gasteiger partial charge in [0.15, 0.2) is 9.76 Å². The fourth-order valence-corrected chi connectivity index (χ4v) is 1.58. The Morgan fingerprint density at radius 2 is 2.00 bits per heavy atom. The average Bonchev–Trinajstić information content (AvgIpc) is 2.55. The third kappa shape index (κ3) is 10.8. The largest absolute Gasteiger partial charge is 0.462 e. The van der Waals surface area contributed by atoms with Crippen LogP contribution in [-0.2, 0) is 14.0 Å². The zero-order valence-corrected chi connectivity index (χ0v) is 15.0. The van der Waals surface area contributed by atoms with E-state index in [4.69, 9.17) is 9.16 Å². The number of hydrogen-bond acceptors (Lipinski definition) is 3. The maximum absolute atomic E-state index is 11.5. The van der Waals surface area contributed by atoms with Crippen molar-refractivity contribution in [3.05, 3.63) is 66.4 Å². The van der Waals surface area contributed by atoms with E-state index in [0.717, 1.165) is 18.4 Å². The predicted molar refractivity (Wildman–Crippen MR) is 96.2 cm³/mol. The zero-order chi connectivity index (χ0) is 16.6. The second-order valence-corrected chi connectivity index (χ2v) is 5.99. The van der Waals surface area contributed by atoms with Gasteiger partial charge in [-0.15, -0.1) is 6.58 Å². The van der Waals surface area contributed by atoms with Gasteiger partial charge < -0.3 is 9.16 Å². The lowest BCUT2D eigenvalue weighted by atomic mass is 10.2. The van der Waals surface area contributed by atoms with Gasteiger partial charge in [-0.2, -0.15) is 0 Å². The van der Waals surface area contributed by atoms with Gasteiger partial charge in [0.2, 0.25) is 0 Å². The maximum atomic E-state index is 11.5. The summed E-state index contributed by atoms with van der Waals surface area (Å²) in [6.07, 6.45) is 5.44. The highest BCUT2D eigenvalue weighted by molar-refractivity contribution is 6.33. The standard InChI is InChI=1S/C15H18O2.C3H8OSi/c1-3-4-12-17-15(16)13(2)10-11-14-8-6-5-7-9-14;1-3-5-4-2/h5-11H,2-4,12H2,1H3;3H,1,5H2,2H3. The molecule has 0 amide bonds. The molecule has 0 bridgehead atoms. The molecule has 22 heavy (non-hydrogen) atoms. The van der Waals surface area contributed by atoms with Crippen LogP contribution in [0.4, 0.5) is 0 Å². The molecule has 0 heterocycles. The second kappa shape index (κ2) is 14.0. The van der Waals surface area contributed by atoms with Crippen molar-refractivity contribution in [2.75, 3.05) is 13.7 Å². The summed E-state index contributed by atoms with van der Waals surface area (Å²) in [5.74, 6) is -0.342. The summed E-state index contributed by atoms with van der Waals surface area (Å²) in [6, 6.07) is 9.77. The van der Waals surface area contributed by atoms with E-state index in [1.54, 1.807) is 13.2 Å². The molecule has 1 aromatic carbocycles. The molecule has 0 aromatic heterocycles. The highest BCUT2D eigenvalue weighted by atomic mass is 28.2. The number of ether oxygens (including phenoxy) is 1. The van der Waals surface area contributed by atoms with Crippen molar-refractivity contribution in [2.45, 2.75) is 19.8 Å². The minimum atomic E-state index is -0.342. The van der Waals surface area contributed by atoms with Gasteiger partial charge in [0.25, 0.3) is 0 Å². The SMILES string of the molecule is C=C(C=Cc1ccccc1)C(=O)OCCCC.C=C[SiH2]OC. The Hall–Kier alpha value is -1.91. The second-order valence-electron chi connectivity index (χ2n) is 4.50. The molecule has 0 atom stereocenters. The first-order valence-corrected chi connectivity index (χ1v) is 8.74. The fraction of sp³-hybridized carbons (Fsp3) is 0.278. The van der Waals surface area contributed by atoms with Crippen molar-refractivity contribution < 1.29 is 14.0 Å². The van der Waals surface area contributed by atoms with Gasteiger partial charge in [-0.05, 0) is 18.1 Å². The minimum Gasteiger partial charge on any atom is -0.462 e. The molecule has 1 aromatic rings. The maximum Gasteiger partial charge on any atom is 0.337 e. The lowest BCUT2D eigenvalue weighted by Crippen LogP contribution is -2.06. The molecule has 0 N–H and O–H groups in total. The Bertz CT molecular complexity index is 466. The fourth-order valence-electron chi connectivity index (χ4n) is 1.35. The normalized spacial score (nSPS) is 10.3. The van der Waals surface area contributed by atoms with E-state index >= 15 is 0 Å². The van der Waals surface area contributed by atoms with Gasteiger partial charge in [0, 0.05) is 7.11 Å². The van der Waals surface area contributed by atoms with Crippen LogP contribution in [0.15, 0.2) is 60.8 Å². The van der Waals surface area contributed by atoms with E-state index in [1.165, 1.54) is 0 Å². The summed E-state index contributed by atoms with van der Waals surface area (Å²) in [5, 5.41) is 0. The van der Waals surface area contributed by atoms with Crippen LogP contribution < -0.4 is 0 Å². The third-order valence-electron chi connectivity index (χ3n) is 2.55. The molecule has 0 aliphatic carbocycles. The first-order valence-electron chi connectivity index (χ1n) is 7.34. The van der Waals surface area contributed by atoms with Crippen molar-refractivity contribution in [1.29, 1.82) is 0 Å². The smallest absolute Gasteiger partial charge is 0.337 e. The van der Waals surface area contributed by atoms with Crippen LogP contribution in [0.25, 0.3) is 6.08 Å². The van der Waals surface area contributed by atoms with Gasteiger partial charge in [0.1, 0.15) is 0 Å². The van der Waals surface area contributed by atoms with Crippen LogP contribution in [-0.4, -0.2) is 29.4 Å². The Morgan fingerprint density at radius 1 is 1.32 bits per heavy atom. The van der Waals surface area contributed by atoms with Gasteiger partial charge in [0.05, 0.1) is 12.2 Å². The Kier molecular flexibility index (Phi) is 12.8. The van der Waals surface area contributed by atoms with Crippen molar-refractivity contribution in [1.82, 2.24) is 0 Å². The van der Waals surface area contributed by atoms with Crippen LogP contribution in [0.3, 0.4) is 0 Å². The molecule has 0 unspecified atom stereocenters. The average molecular weight is 318 g/mol. The van der Waals surface area contributed by atoms with Crippen molar-refractivity contribution >= 4 is 21.8 Å². The number of unbranched alkanes of at least 4 members (excludes halogenated alkanes) is 1. The summed E-state index contributed by atoms with van der Waals surface area (Å²) in [7, 11) is 1.40. The first kappa shape index (κ1) is 20.1. The minimum absolute atomic E-state index is 0.304. The molecule has 0 saturated heterocycles. The molecule has 0 aliphatic heterocycles. The number of carbonyl (C=O) groups excluding carboxylic acids is 1. The highest BCUT2D eigenvalue weighted by Gasteiger charge is 2.03. The molecule has 4 heteroatoms. The van der Waals surface area contributed by atoms with Crippen LogP contribution in [0.2, 0.25) is 0 Å². The van der Waals surface area contributed by atoms with E-state index in [9.17, 15) is 4.79 Å². The Balaban J connectivity index is 0.000000763. The molecule has 1 rings (SSSR count). The predicted octanol–water partition coefficient (Wildman–Crippen LogP) is 3.46. The van der Waals surface area contributed by atoms with Crippen LogP contribution >= 0.6 is 0 Å². The van der Waals surface area contributed by atoms with E-state index in [-0.39, 0.29) is 15.7 Å². The number of carbonyl (C=O) groups is 1. The topological polar surface area (TPSA) is 35.5 Å². The Labute approximate surface area is 136 Å².